The molecule has 0 saturated heterocycles. The second-order valence-electron chi connectivity index (χ2n) is 6.38. The molecule has 1 amide bonds. The molecular formula is C19H20F4N2O3S. The van der Waals surface area contributed by atoms with E-state index < -0.39 is 39.5 Å². The number of alkyl halides is 3. The average Bonchev–Trinajstić information content (AvgIpc) is 2.63. The number of nitrogens with zero attached hydrogens (tertiary/aromatic N) is 1. The first-order valence-electron chi connectivity index (χ1n) is 8.62. The van der Waals surface area contributed by atoms with E-state index >= 15 is 0 Å². The van der Waals surface area contributed by atoms with Crippen LogP contribution < -0.4 is 9.62 Å². The van der Waals surface area contributed by atoms with Gasteiger partial charge in [-0.1, -0.05) is 19.1 Å². The lowest BCUT2D eigenvalue weighted by molar-refractivity contribution is -0.137. The summed E-state index contributed by atoms with van der Waals surface area (Å²) in [6, 6.07) is 7.93. The van der Waals surface area contributed by atoms with Crippen molar-refractivity contribution >= 4 is 21.6 Å². The molecular weight excluding hydrogens is 412 g/mol. The Bertz CT molecular complexity index is 960. The predicted molar refractivity (Wildman–Crippen MR) is 101 cm³/mol. The maximum Gasteiger partial charge on any atom is 0.416 e. The number of rotatable bonds is 7. The molecule has 158 valence electrons. The molecule has 29 heavy (non-hydrogen) atoms. The fraction of sp³-hybridized carbons (Fsp3) is 0.316. The Labute approximate surface area is 166 Å². The van der Waals surface area contributed by atoms with Crippen LogP contribution in [0.4, 0.5) is 23.2 Å². The van der Waals surface area contributed by atoms with Gasteiger partial charge in [-0.05, 0) is 48.4 Å². The third kappa shape index (κ3) is 5.93. The number of amides is 1. The zero-order valence-electron chi connectivity index (χ0n) is 15.7. The van der Waals surface area contributed by atoms with E-state index in [2.05, 4.69) is 5.32 Å². The molecule has 0 unspecified atom stereocenters. The van der Waals surface area contributed by atoms with Crippen LogP contribution in [0.15, 0.2) is 48.5 Å². The Morgan fingerprint density at radius 2 is 1.76 bits per heavy atom. The summed E-state index contributed by atoms with van der Waals surface area (Å²) in [5.74, 6) is -1.25. The van der Waals surface area contributed by atoms with Crippen molar-refractivity contribution in [3.63, 3.8) is 0 Å². The molecule has 2 rings (SSSR count). The van der Waals surface area contributed by atoms with Crippen molar-refractivity contribution < 1.29 is 30.8 Å². The first-order chi connectivity index (χ1) is 13.4. The number of halogens is 4. The summed E-state index contributed by atoms with van der Waals surface area (Å²) in [5, 5.41) is 2.48. The minimum absolute atomic E-state index is 0.0961. The molecule has 1 N–H and O–H groups in total. The van der Waals surface area contributed by atoms with Gasteiger partial charge in [0.15, 0.2) is 0 Å². The highest BCUT2D eigenvalue weighted by molar-refractivity contribution is 7.92. The van der Waals surface area contributed by atoms with Gasteiger partial charge in [-0.2, -0.15) is 13.2 Å². The van der Waals surface area contributed by atoms with E-state index in [1.165, 1.54) is 24.3 Å². The Morgan fingerprint density at radius 1 is 1.14 bits per heavy atom. The third-order valence-electron chi connectivity index (χ3n) is 4.13. The monoisotopic (exact) mass is 432 g/mol. The number of hydrogen-bond acceptors (Lipinski definition) is 3. The fourth-order valence-corrected chi connectivity index (χ4v) is 4.02. The highest BCUT2D eigenvalue weighted by Gasteiger charge is 2.32. The van der Waals surface area contributed by atoms with E-state index in [9.17, 15) is 30.8 Å². The van der Waals surface area contributed by atoms with Crippen LogP contribution in [0.3, 0.4) is 0 Å². The Balaban J connectivity index is 2.23. The number of carbonyl (C=O) groups excluding carboxylic acids is 1. The molecule has 0 radical (unpaired) electrons. The van der Waals surface area contributed by atoms with Crippen LogP contribution in [0.1, 0.15) is 24.5 Å². The molecule has 1 atom stereocenters. The second-order valence-corrected chi connectivity index (χ2v) is 8.23. The summed E-state index contributed by atoms with van der Waals surface area (Å²) in [7, 11) is -3.89. The largest absolute Gasteiger partial charge is 0.416 e. The fourth-order valence-electron chi connectivity index (χ4n) is 2.81. The Hall–Kier alpha value is -2.62. The normalized spacial score (nSPS) is 13.0. The SMILES string of the molecule is CC[C@@H](C(=O)NCc1cccc(C(F)(F)F)c1)N(c1ccc(F)cc1)S(C)(=O)=O. The van der Waals surface area contributed by atoms with E-state index in [1.54, 1.807) is 6.92 Å². The van der Waals surface area contributed by atoms with Gasteiger partial charge in [0.25, 0.3) is 0 Å². The maximum atomic E-state index is 13.2. The van der Waals surface area contributed by atoms with Crippen molar-refractivity contribution in [1.29, 1.82) is 0 Å². The van der Waals surface area contributed by atoms with Gasteiger partial charge in [-0.25, -0.2) is 12.8 Å². The molecule has 0 heterocycles. The van der Waals surface area contributed by atoms with Gasteiger partial charge in [0.1, 0.15) is 11.9 Å². The summed E-state index contributed by atoms with van der Waals surface area (Å²) < 4.78 is 77.1. The molecule has 2 aromatic carbocycles. The second kappa shape index (κ2) is 8.81. The van der Waals surface area contributed by atoms with Crippen molar-refractivity contribution in [2.24, 2.45) is 0 Å². The van der Waals surface area contributed by atoms with Crippen molar-refractivity contribution in [2.45, 2.75) is 32.1 Å². The molecule has 0 aliphatic heterocycles. The van der Waals surface area contributed by atoms with Gasteiger partial charge in [0.05, 0.1) is 17.5 Å². The number of nitrogens with one attached hydrogen (secondary N) is 1. The number of benzene rings is 2. The zero-order chi connectivity index (χ0) is 21.8. The lowest BCUT2D eigenvalue weighted by Crippen LogP contribution is -2.49. The van der Waals surface area contributed by atoms with E-state index in [-0.39, 0.29) is 24.2 Å². The molecule has 5 nitrogen and oxygen atoms in total. The van der Waals surface area contributed by atoms with Crippen LogP contribution in [0, 0.1) is 5.82 Å². The van der Waals surface area contributed by atoms with Gasteiger partial charge < -0.3 is 5.32 Å². The van der Waals surface area contributed by atoms with Gasteiger partial charge in [-0.3, -0.25) is 9.10 Å². The molecule has 0 aliphatic rings. The molecule has 0 spiro atoms. The average molecular weight is 432 g/mol. The first kappa shape index (κ1) is 22.7. The van der Waals surface area contributed by atoms with E-state index in [0.29, 0.717) is 0 Å². The standard InChI is InChI=1S/C19H20F4N2O3S/c1-3-17(25(29(2,27)28)16-9-7-15(20)8-10-16)18(26)24-12-13-5-4-6-14(11-13)19(21,22)23/h4-11,17H,3,12H2,1-2H3,(H,24,26)/t17-/m0/s1. The number of hydrogen-bond donors (Lipinski definition) is 1. The van der Waals surface area contributed by atoms with Gasteiger partial charge >= 0.3 is 6.18 Å². The zero-order valence-corrected chi connectivity index (χ0v) is 16.5. The van der Waals surface area contributed by atoms with Crippen LogP contribution in [0.25, 0.3) is 0 Å². The molecule has 0 fully saturated rings. The number of carbonyl (C=O) groups is 1. The first-order valence-corrected chi connectivity index (χ1v) is 10.5. The summed E-state index contributed by atoms with van der Waals surface area (Å²) in [4.78, 5) is 12.6. The Kier molecular flexibility index (Phi) is 6.89. The minimum Gasteiger partial charge on any atom is -0.350 e. The lowest BCUT2D eigenvalue weighted by atomic mass is 10.1. The summed E-state index contributed by atoms with van der Waals surface area (Å²) in [6.45, 7) is 1.39. The molecule has 2 aromatic rings. The summed E-state index contributed by atoms with van der Waals surface area (Å²) in [6.07, 6.45) is -3.50. The molecule has 0 saturated carbocycles. The Morgan fingerprint density at radius 3 is 2.28 bits per heavy atom. The highest BCUT2D eigenvalue weighted by Crippen LogP contribution is 2.29. The van der Waals surface area contributed by atoms with Crippen molar-refractivity contribution in [3.05, 3.63) is 65.5 Å². The van der Waals surface area contributed by atoms with Gasteiger partial charge in [-0.15, -0.1) is 0 Å². The molecule has 10 heteroatoms. The quantitative estimate of drug-likeness (QED) is 0.679. The minimum atomic E-state index is -4.51. The highest BCUT2D eigenvalue weighted by atomic mass is 32.2. The molecule has 0 aliphatic carbocycles. The van der Waals surface area contributed by atoms with Crippen LogP contribution in [-0.4, -0.2) is 26.6 Å². The molecule has 0 aromatic heterocycles. The molecule has 0 bridgehead atoms. The van der Waals surface area contributed by atoms with Crippen LogP contribution in [-0.2, 0) is 27.5 Å². The van der Waals surface area contributed by atoms with Crippen LogP contribution in [0.5, 0.6) is 0 Å². The summed E-state index contributed by atoms with van der Waals surface area (Å²) >= 11 is 0. The van der Waals surface area contributed by atoms with Crippen molar-refractivity contribution in [2.75, 3.05) is 10.6 Å². The van der Waals surface area contributed by atoms with E-state index in [1.807, 2.05) is 0 Å². The maximum absolute atomic E-state index is 13.2. The van der Waals surface area contributed by atoms with Crippen molar-refractivity contribution in [1.82, 2.24) is 5.32 Å². The van der Waals surface area contributed by atoms with Crippen LogP contribution in [0.2, 0.25) is 0 Å². The van der Waals surface area contributed by atoms with Gasteiger partial charge in [0.2, 0.25) is 15.9 Å². The smallest absolute Gasteiger partial charge is 0.350 e. The van der Waals surface area contributed by atoms with Crippen molar-refractivity contribution in [3.8, 4) is 0 Å². The predicted octanol–water partition coefficient (Wildman–Crippen LogP) is 3.71. The summed E-state index contributed by atoms with van der Waals surface area (Å²) in [5.41, 5.74) is -0.522. The van der Waals surface area contributed by atoms with Gasteiger partial charge in [0, 0.05) is 6.54 Å². The topological polar surface area (TPSA) is 66.5 Å². The number of sulfonamides is 1. The van der Waals surface area contributed by atoms with E-state index in [4.69, 9.17) is 0 Å². The lowest BCUT2D eigenvalue weighted by Gasteiger charge is -2.30. The third-order valence-corrected chi connectivity index (χ3v) is 5.31. The van der Waals surface area contributed by atoms with E-state index in [0.717, 1.165) is 34.8 Å². The van der Waals surface area contributed by atoms with Crippen LogP contribution >= 0.6 is 0 Å². The number of anilines is 1.